The largest absolute Gasteiger partial charge is 0.392 e. The number of aliphatic hydroxyl groups is 2. The Hall–Kier alpha value is -0.260. The first-order valence-corrected chi connectivity index (χ1v) is 4.99. The third-order valence-electron chi connectivity index (χ3n) is 2.61. The molecule has 1 rings (SSSR count). The zero-order valence-electron chi connectivity index (χ0n) is 8.00. The van der Waals surface area contributed by atoms with Crippen molar-refractivity contribution in [3.63, 3.8) is 0 Å². The number of alkyl halides is 2. The summed E-state index contributed by atoms with van der Waals surface area (Å²) in [4.78, 5) is 0. The van der Waals surface area contributed by atoms with Gasteiger partial charge in [0, 0.05) is 12.6 Å². The van der Waals surface area contributed by atoms with E-state index in [4.69, 9.17) is 5.11 Å². The molecule has 0 aromatic carbocycles. The second-order valence-electron chi connectivity index (χ2n) is 3.77. The van der Waals surface area contributed by atoms with E-state index in [9.17, 15) is 13.9 Å². The summed E-state index contributed by atoms with van der Waals surface area (Å²) in [6.07, 6.45) is -1.34. The topological polar surface area (TPSA) is 52.5 Å². The minimum Gasteiger partial charge on any atom is -0.392 e. The molecule has 1 unspecified atom stereocenters. The van der Waals surface area contributed by atoms with Gasteiger partial charge in [-0.1, -0.05) is 12.8 Å². The average molecular weight is 209 g/mol. The van der Waals surface area contributed by atoms with Crippen LogP contribution in [0.1, 0.15) is 25.7 Å². The smallest absolute Gasteiger partial charge is 0.265 e. The highest BCUT2D eigenvalue weighted by molar-refractivity contribution is 4.81. The molecule has 0 bridgehead atoms. The van der Waals surface area contributed by atoms with Crippen LogP contribution in [0.25, 0.3) is 0 Å². The lowest BCUT2D eigenvalue weighted by molar-refractivity contribution is -0.00972. The third kappa shape index (κ3) is 3.48. The molecule has 0 heterocycles. The van der Waals surface area contributed by atoms with Crippen molar-refractivity contribution in [3.05, 3.63) is 0 Å². The maximum absolute atomic E-state index is 11.9. The van der Waals surface area contributed by atoms with Gasteiger partial charge in [-0.15, -0.1) is 0 Å². The summed E-state index contributed by atoms with van der Waals surface area (Å²) < 4.78 is 23.9. The summed E-state index contributed by atoms with van der Waals surface area (Å²) in [6, 6.07) is -0.142. The van der Waals surface area contributed by atoms with Gasteiger partial charge in [-0.05, 0) is 12.8 Å². The van der Waals surface area contributed by atoms with Crippen molar-refractivity contribution in [1.29, 1.82) is 0 Å². The Morgan fingerprint density at radius 3 is 2.50 bits per heavy atom. The first kappa shape index (κ1) is 11.8. The number of rotatable bonds is 4. The molecule has 1 fully saturated rings. The maximum Gasteiger partial charge on any atom is 0.265 e. The summed E-state index contributed by atoms with van der Waals surface area (Å²) >= 11 is 0. The van der Waals surface area contributed by atoms with E-state index in [1.54, 1.807) is 0 Å². The van der Waals surface area contributed by atoms with Crippen LogP contribution in [0, 0.1) is 0 Å². The van der Waals surface area contributed by atoms with Gasteiger partial charge in [0.05, 0.1) is 6.10 Å². The molecule has 0 spiro atoms. The van der Waals surface area contributed by atoms with Crippen molar-refractivity contribution in [2.45, 2.75) is 50.4 Å². The van der Waals surface area contributed by atoms with E-state index in [0.717, 1.165) is 19.3 Å². The Kier molecular flexibility index (Phi) is 4.71. The van der Waals surface area contributed by atoms with Gasteiger partial charge in [-0.3, -0.25) is 0 Å². The van der Waals surface area contributed by atoms with Gasteiger partial charge in [-0.25, -0.2) is 8.78 Å². The zero-order chi connectivity index (χ0) is 10.6. The molecule has 0 saturated heterocycles. The fraction of sp³-hybridized carbons (Fsp3) is 1.00. The third-order valence-corrected chi connectivity index (χ3v) is 2.61. The van der Waals surface area contributed by atoms with Gasteiger partial charge in [0.15, 0.2) is 0 Å². The van der Waals surface area contributed by atoms with Crippen LogP contribution < -0.4 is 5.32 Å². The first-order chi connectivity index (χ1) is 6.61. The quantitative estimate of drug-likeness (QED) is 0.632. The molecular weight excluding hydrogens is 192 g/mol. The lowest BCUT2D eigenvalue weighted by atomic mass is 9.92. The molecule has 1 aliphatic rings. The van der Waals surface area contributed by atoms with E-state index in [2.05, 4.69) is 5.32 Å². The van der Waals surface area contributed by atoms with Crippen LogP contribution in [0.2, 0.25) is 0 Å². The lowest BCUT2D eigenvalue weighted by Gasteiger charge is -2.29. The van der Waals surface area contributed by atoms with Gasteiger partial charge in [0.25, 0.3) is 6.43 Å². The molecule has 3 nitrogen and oxygen atoms in total. The van der Waals surface area contributed by atoms with Gasteiger partial charge in [0.1, 0.15) is 6.10 Å². The standard InChI is InChI=1S/C9H17F2NO2/c10-9(11)8(14)5-12-6-3-1-2-4-7(6)13/h6-9,12-14H,1-5H2/t6-,7-,8?/m1/s1. The van der Waals surface area contributed by atoms with E-state index in [1.165, 1.54) is 0 Å². The minimum atomic E-state index is -2.72. The second-order valence-corrected chi connectivity index (χ2v) is 3.77. The molecule has 0 radical (unpaired) electrons. The molecule has 0 aliphatic heterocycles. The van der Waals surface area contributed by atoms with Crippen molar-refractivity contribution in [2.75, 3.05) is 6.54 Å². The number of halogens is 2. The summed E-state index contributed by atoms with van der Waals surface area (Å²) in [7, 11) is 0. The van der Waals surface area contributed by atoms with E-state index in [0.29, 0.717) is 6.42 Å². The molecule has 0 aromatic rings. The predicted octanol–water partition coefficient (Wildman–Crippen LogP) is 0.505. The Balaban J connectivity index is 2.22. The molecule has 14 heavy (non-hydrogen) atoms. The SMILES string of the molecule is OC(CN[C@@H]1CCCC[C@H]1O)C(F)F. The number of hydrogen-bond acceptors (Lipinski definition) is 3. The highest BCUT2D eigenvalue weighted by Gasteiger charge is 2.24. The summed E-state index contributed by atoms with van der Waals surface area (Å²) in [6.45, 7) is -0.153. The van der Waals surface area contributed by atoms with E-state index in [1.807, 2.05) is 0 Å². The number of nitrogens with one attached hydrogen (secondary N) is 1. The van der Waals surface area contributed by atoms with Crippen LogP contribution >= 0.6 is 0 Å². The van der Waals surface area contributed by atoms with Crippen LogP contribution in [-0.2, 0) is 0 Å². The van der Waals surface area contributed by atoms with Crippen molar-refractivity contribution < 1.29 is 19.0 Å². The van der Waals surface area contributed by atoms with Crippen LogP contribution in [0.5, 0.6) is 0 Å². The highest BCUT2D eigenvalue weighted by atomic mass is 19.3. The Bertz CT molecular complexity index is 169. The maximum atomic E-state index is 11.9. The number of aliphatic hydroxyl groups excluding tert-OH is 2. The van der Waals surface area contributed by atoms with Gasteiger partial charge in [-0.2, -0.15) is 0 Å². The van der Waals surface area contributed by atoms with Gasteiger partial charge in [0.2, 0.25) is 0 Å². The Labute approximate surface area is 82.1 Å². The second kappa shape index (κ2) is 5.58. The van der Waals surface area contributed by atoms with Crippen molar-refractivity contribution in [1.82, 2.24) is 5.32 Å². The molecule has 1 saturated carbocycles. The van der Waals surface area contributed by atoms with E-state index >= 15 is 0 Å². The molecule has 3 N–H and O–H groups in total. The molecule has 84 valence electrons. The summed E-state index contributed by atoms with van der Waals surface area (Å²) in [5.74, 6) is 0. The molecule has 5 heteroatoms. The highest BCUT2D eigenvalue weighted by Crippen LogP contribution is 2.18. The normalized spacial score (nSPS) is 30.6. The van der Waals surface area contributed by atoms with Gasteiger partial charge >= 0.3 is 0 Å². The minimum absolute atomic E-state index is 0.142. The monoisotopic (exact) mass is 209 g/mol. The first-order valence-electron chi connectivity index (χ1n) is 4.99. The molecule has 0 amide bonds. The Morgan fingerprint density at radius 2 is 1.93 bits per heavy atom. The van der Waals surface area contributed by atoms with Crippen LogP contribution in [0.4, 0.5) is 8.78 Å². The predicted molar refractivity (Wildman–Crippen MR) is 48.3 cm³/mol. The molecule has 3 atom stereocenters. The van der Waals surface area contributed by atoms with Crippen LogP contribution in [0.15, 0.2) is 0 Å². The fourth-order valence-electron chi connectivity index (χ4n) is 1.71. The van der Waals surface area contributed by atoms with E-state index < -0.39 is 18.6 Å². The van der Waals surface area contributed by atoms with Gasteiger partial charge < -0.3 is 15.5 Å². The Morgan fingerprint density at radius 1 is 1.29 bits per heavy atom. The van der Waals surface area contributed by atoms with Crippen molar-refractivity contribution in [2.24, 2.45) is 0 Å². The van der Waals surface area contributed by atoms with Crippen LogP contribution in [-0.4, -0.2) is 41.4 Å². The lowest BCUT2D eigenvalue weighted by Crippen LogP contribution is -2.46. The fourth-order valence-corrected chi connectivity index (χ4v) is 1.71. The molecular formula is C9H17F2NO2. The summed E-state index contributed by atoms with van der Waals surface area (Å²) in [5, 5.41) is 21.1. The molecule has 1 aliphatic carbocycles. The average Bonchev–Trinajstić information content (AvgIpc) is 2.16. The number of hydrogen-bond donors (Lipinski definition) is 3. The summed E-state index contributed by atoms with van der Waals surface area (Å²) in [5.41, 5.74) is 0. The van der Waals surface area contributed by atoms with Crippen molar-refractivity contribution >= 4 is 0 Å². The van der Waals surface area contributed by atoms with E-state index in [-0.39, 0.29) is 12.6 Å². The van der Waals surface area contributed by atoms with Crippen LogP contribution in [0.3, 0.4) is 0 Å². The zero-order valence-corrected chi connectivity index (χ0v) is 8.00. The molecule has 0 aromatic heterocycles. The van der Waals surface area contributed by atoms with Crippen molar-refractivity contribution in [3.8, 4) is 0 Å².